The fourth-order valence-corrected chi connectivity index (χ4v) is 7.03. The Labute approximate surface area is 298 Å². The Bertz CT molecular complexity index is 2250. The third-order valence-corrected chi connectivity index (χ3v) is 9.37. The van der Waals surface area contributed by atoms with Gasteiger partial charge in [0, 0.05) is 40.3 Å². The van der Waals surface area contributed by atoms with E-state index in [0.29, 0.717) is 11.4 Å². The van der Waals surface area contributed by atoms with Gasteiger partial charge in [0.1, 0.15) is 0 Å². The first-order valence-corrected chi connectivity index (χ1v) is 17.1. The third-order valence-electron chi connectivity index (χ3n) is 8.43. The fraction of sp³-hybridized carbons (Fsp3) is 0. The number of nitrogens with zero attached hydrogens (tertiary/aromatic N) is 2. The van der Waals surface area contributed by atoms with E-state index in [0.717, 1.165) is 9.80 Å². The number of imide groups is 2. The molecule has 6 nitrogen and oxygen atoms in total. The summed E-state index contributed by atoms with van der Waals surface area (Å²) in [5, 5.41) is 7.40. The van der Waals surface area contributed by atoms with Gasteiger partial charge in [0.05, 0.1) is 11.4 Å². The van der Waals surface area contributed by atoms with Crippen LogP contribution in [0.15, 0.2) is 181 Å². The molecular formula is C44H30N2O4S. The standard InChI is InChI=1S/C24H16S.2C10H7NO2/c1-3-11-19-17(7-1)9-5-13-21(19)23-15-16-25-24(23)22-14-6-10-18-8-2-4-12-20(18)22;2*12-9-6-7-10(13)11(9)8-4-2-1-3-5-8/h1-16H;2*1-7H. The van der Waals surface area contributed by atoms with Gasteiger partial charge in [-0.15, -0.1) is 11.3 Å². The average Bonchev–Trinajstić information content (AvgIpc) is 3.90. The van der Waals surface area contributed by atoms with Gasteiger partial charge in [-0.25, -0.2) is 9.80 Å². The van der Waals surface area contributed by atoms with Crippen LogP contribution in [0, 0.1) is 0 Å². The fourth-order valence-electron chi connectivity index (χ4n) is 6.08. The number of anilines is 2. The number of carbonyl (C=O) groups excluding carboxylic acids is 4. The maximum absolute atomic E-state index is 11.2. The average molecular weight is 683 g/mol. The Kier molecular flexibility index (Phi) is 9.54. The zero-order valence-corrected chi connectivity index (χ0v) is 28.1. The van der Waals surface area contributed by atoms with Crippen LogP contribution in [-0.2, 0) is 19.2 Å². The van der Waals surface area contributed by atoms with Gasteiger partial charge in [-0.1, -0.05) is 121 Å². The lowest BCUT2D eigenvalue weighted by molar-refractivity contribution is -0.121. The molecule has 2 aliphatic heterocycles. The third kappa shape index (κ3) is 6.92. The Morgan fingerprint density at radius 2 is 0.745 bits per heavy atom. The summed E-state index contributed by atoms with van der Waals surface area (Å²) in [6.45, 7) is 0. The van der Waals surface area contributed by atoms with Crippen molar-refractivity contribution in [3.63, 3.8) is 0 Å². The SMILES string of the molecule is O=C1C=CC(=O)N1c1ccccc1.O=C1C=CC(=O)N1c1ccccc1.c1ccc2c(-c3ccsc3-c3cccc4ccccc34)cccc2c1. The van der Waals surface area contributed by atoms with E-state index in [1.54, 1.807) is 48.5 Å². The number of rotatable bonds is 4. The van der Waals surface area contributed by atoms with Crippen LogP contribution >= 0.6 is 11.3 Å². The number of carbonyl (C=O) groups is 4. The molecule has 0 N–H and O–H groups in total. The van der Waals surface area contributed by atoms with Crippen molar-refractivity contribution < 1.29 is 19.2 Å². The Hall–Kier alpha value is -6.70. The minimum absolute atomic E-state index is 0.281. The van der Waals surface area contributed by atoms with Gasteiger partial charge in [0.25, 0.3) is 23.6 Å². The van der Waals surface area contributed by atoms with Crippen molar-refractivity contribution in [2.45, 2.75) is 0 Å². The van der Waals surface area contributed by atoms with Crippen LogP contribution in [0.4, 0.5) is 11.4 Å². The molecule has 6 aromatic carbocycles. The second kappa shape index (κ2) is 14.8. The van der Waals surface area contributed by atoms with Crippen LogP contribution in [0.2, 0.25) is 0 Å². The minimum atomic E-state index is -0.281. The Balaban J connectivity index is 0.000000132. The lowest BCUT2D eigenvalue weighted by atomic mass is 9.95. The molecule has 1 aromatic heterocycles. The highest BCUT2D eigenvalue weighted by Gasteiger charge is 2.25. The van der Waals surface area contributed by atoms with Gasteiger partial charge in [-0.3, -0.25) is 19.2 Å². The van der Waals surface area contributed by atoms with Crippen LogP contribution in [0.3, 0.4) is 0 Å². The highest BCUT2D eigenvalue weighted by molar-refractivity contribution is 7.14. The van der Waals surface area contributed by atoms with Crippen molar-refractivity contribution in [2.75, 3.05) is 9.80 Å². The van der Waals surface area contributed by atoms with Gasteiger partial charge in [-0.2, -0.15) is 0 Å². The van der Waals surface area contributed by atoms with Crippen LogP contribution in [0.5, 0.6) is 0 Å². The first-order valence-electron chi connectivity index (χ1n) is 16.3. The molecule has 0 aliphatic carbocycles. The molecule has 0 atom stereocenters. The van der Waals surface area contributed by atoms with E-state index in [2.05, 4.69) is 96.4 Å². The van der Waals surface area contributed by atoms with Gasteiger partial charge in [-0.05, 0) is 62.8 Å². The summed E-state index contributed by atoms with van der Waals surface area (Å²) in [6, 6.07) is 50.4. The normalized spacial score (nSPS) is 13.4. The van der Waals surface area contributed by atoms with Crippen molar-refractivity contribution in [3.05, 3.63) is 181 Å². The number of fused-ring (bicyclic) bond motifs is 2. The van der Waals surface area contributed by atoms with E-state index >= 15 is 0 Å². The summed E-state index contributed by atoms with van der Waals surface area (Å²) >= 11 is 1.82. The number of hydrogen-bond donors (Lipinski definition) is 0. The Morgan fingerprint density at radius 3 is 1.24 bits per heavy atom. The predicted octanol–water partition coefficient (Wildman–Crippen LogP) is 9.62. The molecule has 0 saturated heterocycles. The largest absolute Gasteiger partial charge is 0.269 e. The maximum Gasteiger partial charge on any atom is 0.258 e. The van der Waals surface area contributed by atoms with Crippen molar-refractivity contribution in [1.29, 1.82) is 0 Å². The quantitative estimate of drug-likeness (QED) is 0.173. The summed E-state index contributed by atoms with van der Waals surface area (Å²) in [4.78, 5) is 48.4. The van der Waals surface area contributed by atoms with E-state index in [9.17, 15) is 19.2 Å². The summed E-state index contributed by atoms with van der Waals surface area (Å²) in [5.41, 5.74) is 5.17. The maximum atomic E-state index is 11.2. The molecule has 4 amide bonds. The van der Waals surface area contributed by atoms with Crippen LogP contribution in [-0.4, -0.2) is 23.6 Å². The molecule has 0 unspecified atom stereocenters. The number of thiophene rings is 1. The molecule has 3 heterocycles. The molecule has 0 spiro atoms. The lowest BCUT2D eigenvalue weighted by Crippen LogP contribution is -2.29. The molecule has 0 radical (unpaired) electrons. The molecule has 9 rings (SSSR count). The smallest absolute Gasteiger partial charge is 0.258 e. The van der Waals surface area contributed by atoms with Crippen LogP contribution < -0.4 is 9.80 Å². The molecule has 0 saturated carbocycles. The first kappa shape index (κ1) is 32.8. The van der Waals surface area contributed by atoms with E-state index in [1.807, 2.05) is 23.5 Å². The molecule has 0 fully saturated rings. The van der Waals surface area contributed by atoms with Crippen molar-refractivity contribution >= 4 is 67.9 Å². The van der Waals surface area contributed by atoms with Gasteiger partial charge >= 0.3 is 0 Å². The number of hydrogen-bond acceptors (Lipinski definition) is 5. The second-order valence-electron chi connectivity index (χ2n) is 11.6. The number of amides is 4. The monoisotopic (exact) mass is 682 g/mol. The van der Waals surface area contributed by atoms with Crippen LogP contribution in [0.1, 0.15) is 0 Å². The van der Waals surface area contributed by atoms with Gasteiger partial charge in [0.15, 0.2) is 0 Å². The molecule has 7 heteroatoms. The zero-order chi connectivity index (χ0) is 35.2. The summed E-state index contributed by atoms with van der Waals surface area (Å²) < 4.78 is 0. The van der Waals surface area contributed by atoms with E-state index < -0.39 is 0 Å². The highest BCUT2D eigenvalue weighted by Crippen LogP contribution is 2.42. The predicted molar refractivity (Wildman–Crippen MR) is 206 cm³/mol. The van der Waals surface area contributed by atoms with Gasteiger partial charge in [0.2, 0.25) is 0 Å². The molecular weight excluding hydrogens is 653 g/mol. The summed E-state index contributed by atoms with van der Waals surface area (Å²) in [6.07, 6.45) is 5.09. The van der Waals surface area contributed by atoms with Crippen LogP contribution in [0.25, 0.3) is 43.1 Å². The van der Waals surface area contributed by atoms with E-state index in [1.165, 1.54) is 67.4 Å². The topological polar surface area (TPSA) is 74.8 Å². The molecule has 51 heavy (non-hydrogen) atoms. The zero-order valence-electron chi connectivity index (χ0n) is 27.3. The lowest BCUT2D eigenvalue weighted by Gasteiger charge is -2.12. The number of benzene rings is 6. The Morgan fingerprint density at radius 1 is 0.353 bits per heavy atom. The van der Waals surface area contributed by atoms with Crippen molar-refractivity contribution in [3.8, 4) is 21.6 Å². The van der Waals surface area contributed by atoms with E-state index in [-0.39, 0.29) is 23.6 Å². The first-order chi connectivity index (χ1) is 25.0. The second-order valence-corrected chi connectivity index (χ2v) is 12.5. The minimum Gasteiger partial charge on any atom is -0.269 e. The summed E-state index contributed by atoms with van der Waals surface area (Å²) in [7, 11) is 0. The number of para-hydroxylation sites is 2. The van der Waals surface area contributed by atoms with E-state index in [4.69, 9.17) is 0 Å². The summed E-state index contributed by atoms with van der Waals surface area (Å²) in [5.74, 6) is -1.13. The highest BCUT2D eigenvalue weighted by atomic mass is 32.1. The molecule has 0 bridgehead atoms. The van der Waals surface area contributed by atoms with Crippen molar-refractivity contribution in [2.24, 2.45) is 0 Å². The van der Waals surface area contributed by atoms with Gasteiger partial charge < -0.3 is 0 Å². The molecule has 246 valence electrons. The molecule has 7 aromatic rings. The molecule has 2 aliphatic rings. The van der Waals surface area contributed by atoms with Crippen molar-refractivity contribution in [1.82, 2.24) is 0 Å².